The Bertz CT molecular complexity index is 606. The maximum Gasteiger partial charge on any atom is 0.274 e. The molecule has 2 atom stereocenters. The van der Waals surface area contributed by atoms with Gasteiger partial charge in [-0.15, -0.1) is 0 Å². The van der Waals surface area contributed by atoms with Crippen LogP contribution >= 0.6 is 0 Å². The Balaban J connectivity index is 1.97. The fourth-order valence-corrected chi connectivity index (χ4v) is 5.35. The highest BCUT2D eigenvalue weighted by atomic mass is 32.2. The van der Waals surface area contributed by atoms with Crippen LogP contribution in [-0.2, 0) is 10.1 Å². The van der Waals surface area contributed by atoms with Gasteiger partial charge in [-0.2, -0.15) is 8.42 Å². The normalized spacial score (nSPS) is 21.7. The Morgan fingerprint density at radius 3 is 1.60 bits per heavy atom. The van der Waals surface area contributed by atoms with Crippen molar-refractivity contribution in [3.05, 3.63) is 23.8 Å². The van der Waals surface area contributed by atoms with Crippen molar-refractivity contribution >= 4 is 10.1 Å². The molecule has 1 aliphatic rings. The minimum absolute atomic E-state index is 0.172. The minimum Gasteiger partial charge on any atom is -0.285 e. The first-order valence-corrected chi connectivity index (χ1v) is 14.1. The molecule has 0 saturated carbocycles. The van der Waals surface area contributed by atoms with Crippen LogP contribution in [0.5, 0.6) is 0 Å². The highest BCUT2D eigenvalue weighted by molar-refractivity contribution is 7.87. The van der Waals surface area contributed by atoms with Crippen LogP contribution in [0.3, 0.4) is 0 Å². The Morgan fingerprint density at radius 2 is 1.20 bits per heavy atom. The fourth-order valence-electron chi connectivity index (χ4n) is 4.51. The van der Waals surface area contributed by atoms with Crippen molar-refractivity contribution in [1.29, 1.82) is 0 Å². The Kier molecular flexibility index (Phi) is 13.9. The summed E-state index contributed by atoms with van der Waals surface area (Å²) in [6.07, 6.45) is 28.1. The molecule has 0 radical (unpaired) electrons. The van der Waals surface area contributed by atoms with Crippen LogP contribution in [0.4, 0.5) is 0 Å². The first kappa shape index (κ1) is 27.4. The van der Waals surface area contributed by atoms with E-state index in [9.17, 15) is 13.0 Å². The van der Waals surface area contributed by atoms with E-state index >= 15 is 0 Å². The number of hydrogen-bond acceptors (Lipinski definition) is 2. The summed E-state index contributed by atoms with van der Waals surface area (Å²) < 4.78 is 31.9. The highest BCUT2D eigenvalue weighted by Gasteiger charge is 2.43. The molecule has 176 valence electrons. The van der Waals surface area contributed by atoms with Crippen LogP contribution in [0, 0.1) is 5.92 Å². The molecular weight excluding hydrogens is 392 g/mol. The zero-order valence-electron chi connectivity index (χ0n) is 20.0. The lowest BCUT2D eigenvalue weighted by atomic mass is 9.81. The van der Waals surface area contributed by atoms with Gasteiger partial charge < -0.3 is 0 Å². The van der Waals surface area contributed by atoms with Crippen molar-refractivity contribution < 1.29 is 13.0 Å². The van der Waals surface area contributed by atoms with Gasteiger partial charge in [-0.1, -0.05) is 134 Å². The fraction of sp³-hybridized carbons (Fsp3) is 0.846. The summed E-state index contributed by atoms with van der Waals surface area (Å²) in [5.41, 5.74) is 1.14. The molecule has 1 N–H and O–H groups in total. The number of rotatable bonds is 18. The minimum atomic E-state index is -4.10. The monoisotopic (exact) mass is 440 g/mol. The van der Waals surface area contributed by atoms with Gasteiger partial charge in [-0.05, 0) is 19.8 Å². The van der Waals surface area contributed by atoms with Gasteiger partial charge in [0.2, 0.25) is 0 Å². The summed E-state index contributed by atoms with van der Waals surface area (Å²) in [6.45, 7) is 5.80. The molecule has 3 nitrogen and oxygen atoms in total. The van der Waals surface area contributed by atoms with Gasteiger partial charge in [0.1, 0.15) is 4.75 Å². The van der Waals surface area contributed by atoms with Gasteiger partial charge in [0.05, 0.1) is 0 Å². The van der Waals surface area contributed by atoms with E-state index in [1.54, 1.807) is 19.1 Å². The molecule has 0 aromatic heterocycles. The maximum atomic E-state index is 11.8. The SMILES string of the molecule is CCCCCCCCCCCCCCCCCCC1=CC=CC(C)(S(=O)(=O)O)C1C. The lowest BCUT2D eigenvalue weighted by molar-refractivity contribution is 0.414. The molecule has 0 heterocycles. The van der Waals surface area contributed by atoms with Crippen LogP contribution in [-0.4, -0.2) is 17.7 Å². The van der Waals surface area contributed by atoms with E-state index in [0.29, 0.717) is 0 Å². The van der Waals surface area contributed by atoms with Gasteiger partial charge in [-0.3, -0.25) is 4.55 Å². The van der Waals surface area contributed by atoms with E-state index in [2.05, 4.69) is 6.92 Å². The summed E-state index contributed by atoms with van der Waals surface area (Å²) in [5.74, 6) is -0.172. The third-order valence-electron chi connectivity index (χ3n) is 7.03. The Labute approximate surface area is 187 Å². The van der Waals surface area contributed by atoms with Gasteiger partial charge in [0.15, 0.2) is 0 Å². The molecule has 0 bridgehead atoms. The van der Waals surface area contributed by atoms with Crippen molar-refractivity contribution in [2.45, 2.75) is 135 Å². The second-order valence-corrected chi connectivity index (χ2v) is 11.4. The zero-order chi connectivity index (χ0) is 22.3. The summed E-state index contributed by atoms with van der Waals surface area (Å²) in [4.78, 5) is 0. The maximum absolute atomic E-state index is 11.8. The standard InChI is InChI=1S/C26H48O3S/c1-4-5-6-7-8-9-10-11-12-13-14-15-16-17-18-19-21-25-22-20-23-26(3,24(25)2)30(27,28)29/h20,22-24H,4-19,21H2,1-3H3,(H,27,28,29). The topological polar surface area (TPSA) is 54.4 Å². The van der Waals surface area contributed by atoms with Gasteiger partial charge in [0, 0.05) is 5.92 Å². The number of hydrogen-bond donors (Lipinski definition) is 1. The summed E-state index contributed by atoms with van der Waals surface area (Å²) in [5, 5.41) is 0. The lowest BCUT2D eigenvalue weighted by Crippen LogP contribution is -2.41. The number of allylic oxidation sites excluding steroid dienone is 3. The van der Waals surface area contributed by atoms with Crippen LogP contribution in [0.25, 0.3) is 0 Å². The van der Waals surface area contributed by atoms with Crippen LogP contribution < -0.4 is 0 Å². The van der Waals surface area contributed by atoms with E-state index in [-0.39, 0.29) is 5.92 Å². The van der Waals surface area contributed by atoms with E-state index in [1.807, 2.05) is 13.0 Å². The molecule has 2 unspecified atom stereocenters. The predicted octanol–water partition coefficient (Wildman–Crippen LogP) is 8.42. The van der Waals surface area contributed by atoms with Crippen molar-refractivity contribution in [1.82, 2.24) is 0 Å². The lowest BCUT2D eigenvalue weighted by Gasteiger charge is -2.33. The van der Waals surface area contributed by atoms with Crippen LogP contribution in [0.15, 0.2) is 23.8 Å². The van der Waals surface area contributed by atoms with Crippen molar-refractivity contribution in [3.63, 3.8) is 0 Å². The third kappa shape index (κ3) is 10.1. The van der Waals surface area contributed by atoms with Crippen LogP contribution in [0.1, 0.15) is 130 Å². The summed E-state index contributed by atoms with van der Waals surface area (Å²) >= 11 is 0. The molecular formula is C26H48O3S. The molecule has 0 aliphatic heterocycles. The molecule has 4 heteroatoms. The van der Waals surface area contributed by atoms with Crippen molar-refractivity contribution in [2.24, 2.45) is 5.92 Å². The molecule has 0 spiro atoms. The molecule has 30 heavy (non-hydrogen) atoms. The smallest absolute Gasteiger partial charge is 0.274 e. The highest BCUT2D eigenvalue weighted by Crippen LogP contribution is 2.37. The summed E-state index contributed by atoms with van der Waals surface area (Å²) in [6, 6.07) is 0. The molecule has 0 fully saturated rings. The molecule has 0 aromatic rings. The van der Waals surface area contributed by atoms with Crippen molar-refractivity contribution in [2.75, 3.05) is 0 Å². The van der Waals surface area contributed by atoms with Gasteiger partial charge in [0.25, 0.3) is 10.1 Å². The van der Waals surface area contributed by atoms with Crippen LogP contribution in [0.2, 0.25) is 0 Å². The van der Waals surface area contributed by atoms with Gasteiger partial charge in [-0.25, -0.2) is 0 Å². The molecule has 1 aliphatic carbocycles. The molecule has 1 rings (SSSR count). The van der Waals surface area contributed by atoms with E-state index < -0.39 is 14.9 Å². The predicted molar refractivity (Wildman–Crippen MR) is 131 cm³/mol. The van der Waals surface area contributed by atoms with Gasteiger partial charge >= 0.3 is 0 Å². The first-order valence-electron chi connectivity index (χ1n) is 12.7. The average molecular weight is 441 g/mol. The second kappa shape index (κ2) is 15.2. The molecule has 0 saturated heterocycles. The second-order valence-electron chi connectivity index (χ2n) is 9.53. The zero-order valence-corrected chi connectivity index (χ0v) is 20.8. The molecule has 0 amide bonds. The van der Waals surface area contributed by atoms with E-state index in [0.717, 1.165) is 18.4 Å². The summed E-state index contributed by atoms with van der Waals surface area (Å²) in [7, 11) is -4.10. The molecule has 0 aromatic carbocycles. The Morgan fingerprint density at radius 1 is 0.800 bits per heavy atom. The Hall–Kier alpha value is -0.610. The first-order chi connectivity index (χ1) is 14.3. The number of unbranched alkanes of at least 4 members (excludes halogenated alkanes) is 15. The quantitative estimate of drug-likeness (QED) is 0.172. The van der Waals surface area contributed by atoms with E-state index in [1.165, 1.54) is 96.3 Å². The third-order valence-corrected chi connectivity index (χ3v) is 8.63. The largest absolute Gasteiger partial charge is 0.285 e. The van der Waals surface area contributed by atoms with E-state index in [4.69, 9.17) is 0 Å². The van der Waals surface area contributed by atoms with Crippen molar-refractivity contribution in [3.8, 4) is 0 Å². The average Bonchev–Trinajstić information content (AvgIpc) is 2.70.